The smallest absolute Gasteiger partial charge is 0.237 e. The first kappa shape index (κ1) is 12.4. The van der Waals surface area contributed by atoms with E-state index in [1.165, 1.54) is 7.11 Å². The summed E-state index contributed by atoms with van der Waals surface area (Å²) in [7, 11) is 3.34. The molecule has 0 saturated carbocycles. The fourth-order valence-corrected chi connectivity index (χ4v) is 1.30. The highest BCUT2D eigenvalue weighted by Crippen LogP contribution is 2.20. The minimum Gasteiger partial charge on any atom is -0.480 e. The summed E-state index contributed by atoms with van der Waals surface area (Å²) in [6, 6.07) is 3.51. The molecule has 0 aromatic carbocycles. The lowest BCUT2D eigenvalue weighted by Gasteiger charge is -2.12. The van der Waals surface area contributed by atoms with E-state index in [-0.39, 0.29) is 11.8 Å². The van der Waals surface area contributed by atoms with Gasteiger partial charge in [0.2, 0.25) is 11.8 Å². The van der Waals surface area contributed by atoms with Crippen molar-refractivity contribution in [3.8, 4) is 5.88 Å². The molecule has 0 aliphatic carbocycles. The van der Waals surface area contributed by atoms with Crippen molar-refractivity contribution in [2.75, 3.05) is 26.0 Å². The Morgan fingerprint density at radius 1 is 1.62 bits per heavy atom. The SMILES string of the molecule is CNCC(C)C(=O)Nc1cccnc1OC. The van der Waals surface area contributed by atoms with Gasteiger partial charge in [-0.3, -0.25) is 4.79 Å². The van der Waals surface area contributed by atoms with Gasteiger partial charge in [0.1, 0.15) is 5.69 Å². The molecule has 0 spiro atoms. The van der Waals surface area contributed by atoms with Crippen LogP contribution in [0.3, 0.4) is 0 Å². The predicted molar refractivity (Wildman–Crippen MR) is 62.5 cm³/mol. The van der Waals surface area contributed by atoms with Gasteiger partial charge in [0.05, 0.1) is 7.11 Å². The van der Waals surface area contributed by atoms with E-state index in [1.54, 1.807) is 18.3 Å². The summed E-state index contributed by atoms with van der Waals surface area (Å²) in [6.45, 7) is 2.49. The lowest BCUT2D eigenvalue weighted by Crippen LogP contribution is -2.28. The van der Waals surface area contributed by atoms with Crippen LogP contribution < -0.4 is 15.4 Å². The third-order valence-corrected chi connectivity index (χ3v) is 2.18. The van der Waals surface area contributed by atoms with E-state index < -0.39 is 0 Å². The Morgan fingerprint density at radius 3 is 3.00 bits per heavy atom. The Balaban J connectivity index is 2.69. The highest BCUT2D eigenvalue weighted by Gasteiger charge is 2.14. The molecule has 1 unspecified atom stereocenters. The number of nitrogens with one attached hydrogen (secondary N) is 2. The first-order valence-corrected chi connectivity index (χ1v) is 5.13. The molecule has 1 aromatic heterocycles. The second-order valence-electron chi connectivity index (χ2n) is 3.51. The molecule has 1 heterocycles. The molecule has 16 heavy (non-hydrogen) atoms. The number of methoxy groups -OCH3 is 1. The number of hydrogen-bond acceptors (Lipinski definition) is 4. The molecule has 0 saturated heterocycles. The molecule has 1 aromatic rings. The van der Waals surface area contributed by atoms with E-state index in [0.29, 0.717) is 18.1 Å². The van der Waals surface area contributed by atoms with Crippen molar-refractivity contribution >= 4 is 11.6 Å². The number of hydrogen-bond donors (Lipinski definition) is 2. The maximum Gasteiger partial charge on any atom is 0.237 e. The van der Waals surface area contributed by atoms with Crippen molar-refractivity contribution in [3.63, 3.8) is 0 Å². The first-order chi connectivity index (χ1) is 7.69. The highest BCUT2D eigenvalue weighted by molar-refractivity contribution is 5.93. The summed E-state index contributed by atoms with van der Waals surface area (Å²) in [5.74, 6) is 0.267. The molecule has 1 amide bonds. The molecule has 5 nitrogen and oxygen atoms in total. The van der Waals surface area contributed by atoms with Crippen molar-refractivity contribution in [2.24, 2.45) is 5.92 Å². The van der Waals surface area contributed by atoms with Crippen LogP contribution in [0.25, 0.3) is 0 Å². The van der Waals surface area contributed by atoms with Gasteiger partial charge < -0.3 is 15.4 Å². The van der Waals surface area contributed by atoms with Crippen LogP contribution in [-0.4, -0.2) is 31.6 Å². The number of carbonyl (C=O) groups excluding carboxylic acids is 1. The highest BCUT2D eigenvalue weighted by atomic mass is 16.5. The van der Waals surface area contributed by atoms with Gasteiger partial charge >= 0.3 is 0 Å². The van der Waals surface area contributed by atoms with Crippen molar-refractivity contribution in [1.29, 1.82) is 0 Å². The second kappa shape index (κ2) is 6.07. The molecule has 0 aliphatic heterocycles. The van der Waals surface area contributed by atoms with E-state index >= 15 is 0 Å². The lowest BCUT2D eigenvalue weighted by atomic mass is 10.1. The van der Waals surface area contributed by atoms with E-state index in [1.807, 2.05) is 14.0 Å². The zero-order chi connectivity index (χ0) is 12.0. The Hall–Kier alpha value is -1.62. The average Bonchev–Trinajstić information content (AvgIpc) is 2.30. The molecule has 0 fully saturated rings. The summed E-state index contributed by atoms with van der Waals surface area (Å²) in [6.07, 6.45) is 1.62. The van der Waals surface area contributed by atoms with Crippen molar-refractivity contribution in [2.45, 2.75) is 6.92 Å². The number of ether oxygens (including phenoxy) is 1. The fraction of sp³-hybridized carbons (Fsp3) is 0.455. The van der Waals surface area contributed by atoms with E-state index in [9.17, 15) is 4.79 Å². The number of rotatable bonds is 5. The van der Waals surface area contributed by atoms with Crippen molar-refractivity contribution in [1.82, 2.24) is 10.3 Å². The van der Waals surface area contributed by atoms with Crippen molar-refractivity contribution < 1.29 is 9.53 Å². The molecular formula is C11H17N3O2. The van der Waals surface area contributed by atoms with Gasteiger partial charge in [-0.2, -0.15) is 0 Å². The Kier molecular flexibility index (Phi) is 4.72. The van der Waals surface area contributed by atoms with E-state index in [4.69, 9.17) is 4.74 Å². The summed E-state index contributed by atoms with van der Waals surface area (Å²) >= 11 is 0. The molecule has 0 aliphatic rings. The van der Waals surface area contributed by atoms with E-state index in [2.05, 4.69) is 15.6 Å². The number of amides is 1. The van der Waals surface area contributed by atoms with Crippen LogP contribution in [0.4, 0.5) is 5.69 Å². The Morgan fingerprint density at radius 2 is 2.38 bits per heavy atom. The Labute approximate surface area is 95.2 Å². The minimum atomic E-state index is -0.102. The van der Waals surface area contributed by atoms with Gasteiger partial charge in [0.25, 0.3) is 0 Å². The maximum absolute atomic E-state index is 11.7. The van der Waals surface area contributed by atoms with Crippen LogP contribution in [0.5, 0.6) is 5.88 Å². The molecule has 0 radical (unpaired) electrons. The molecule has 0 bridgehead atoms. The standard InChI is InChI=1S/C11H17N3O2/c1-8(7-12-2)10(15)14-9-5-4-6-13-11(9)16-3/h4-6,8,12H,7H2,1-3H3,(H,14,15). The fourth-order valence-electron chi connectivity index (χ4n) is 1.30. The molecule has 1 rings (SSSR count). The molecule has 2 N–H and O–H groups in total. The van der Waals surface area contributed by atoms with Crippen LogP contribution >= 0.6 is 0 Å². The summed E-state index contributed by atoms with van der Waals surface area (Å²) < 4.78 is 5.04. The first-order valence-electron chi connectivity index (χ1n) is 5.13. The number of pyridine rings is 1. The van der Waals surface area contributed by atoms with Crippen LogP contribution in [-0.2, 0) is 4.79 Å². The van der Waals surface area contributed by atoms with Crippen LogP contribution in [0.15, 0.2) is 18.3 Å². The third-order valence-electron chi connectivity index (χ3n) is 2.18. The second-order valence-corrected chi connectivity index (χ2v) is 3.51. The van der Waals surface area contributed by atoms with Crippen molar-refractivity contribution in [3.05, 3.63) is 18.3 Å². The number of aromatic nitrogens is 1. The molecular weight excluding hydrogens is 206 g/mol. The monoisotopic (exact) mass is 223 g/mol. The summed E-state index contributed by atoms with van der Waals surface area (Å²) in [5, 5.41) is 5.73. The predicted octanol–water partition coefficient (Wildman–Crippen LogP) is 0.884. The van der Waals surface area contributed by atoms with E-state index in [0.717, 1.165) is 0 Å². The van der Waals surface area contributed by atoms with Crippen LogP contribution in [0.1, 0.15) is 6.92 Å². The third kappa shape index (κ3) is 3.20. The average molecular weight is 223 g/mol. The maximum atomic E-state index is 11.7. The van der Waals surface area contributed by atoms with Crippen LogP contribution in [0.2, 0.25) is 0 Å². The van der Waals surface area contributed by atoms with Gasteiger partial charge in [-0.25, -0.2) is 4.98 Å². The number of anilines is 1. The molecule has 5 heteroatoms. The topological polar surface area (TPSA) is 63.2 Å². The van der Waals surface area contributed by atoms with Gasteiger partial charge in [0, 0.05) is 18.7 Å². The minimum absolute atomic E-state index is 0.0550. The Bertz CT molecular complexity index is 355. The zero-order valence-electron chi connectivity index (χ0n) is 9.78. The largest absolute Gasteiger partial charge is 0.480 e. The molecule has 1 atom stereocenters. The zero-order valence-corrected chi connectivity index (χ0v) is 9.78. The summed E-state index contributed by atoms with van der Waals surface area (Å²) in [5.41, 5.74) is 0.595. The molecule has 88 valence electrons. The van der Waals surface area contributed by atoms with Gasteiger partial charge in [-0.1, -0.05) is 6.92 Å². The number of carbonyl (C=O) groups is 1. The summed E-state index contributed by atoms with van der Waals surface area (Å²) in [4.78, 5) is 15.7. The lowest BCUT2D eigenvalue weighted by molar-refractivity contribution is -0.119. The normalized spacial score (nSPS) is 11.9. The van der Waals surface area contributed by atoms with Gasteiger partial charge in [-0.15, -0.1) is 0 Å². The van der Waals surface area contributed by atoms with Gasteiger partial charge in [0.15, 0.2) is 0 Å². The van der Waals surface area contributed by atoms with Crippen LogP contribution in [0, 0.1) is 5.92 Å². The van der Waals surface area contributed by atoms with Gasteiger partial charge in [-0.05, 0) is 19.2 Å². The quantitative estimate of drug-likeness (QED) is 0.778. The number of nitrogens with zero attached hydrogens (tertiary/aromatic N) is 1.